The molecule has 0 spiro atoms. The van der Waals surface area contributed by atoms with Gasteiger partial charge in [-0.2, -0.15) is 0 Å². The van der Waals surface area contributed by atoms with E-state index in [2.05, 4.69) is 0 Å². The molecule has 2 atom stereocenters. The molecule has 0 unspecified atom stereocenters. The third-order valence-corrected chi connectivity index (χ3v) is 2.17. The zero-order chi connectivity index (χ0) is 10.0. The summed E-state index contributed by atoms with van der Waals surface area (Å²) in [4.78, 5) is 22.9. The standard InChI is InChI=1S/C8H13NO4/c1-2-7(11)9-4-5(10)3-6(9)8(12)13/h5-6,10H,2-4H2,1H3,(H,12,13)/p-1/t5-,6-/m0/s1. The van der Waals surface area contributed by atoms with Crippen molar-refractivity contribution in [3.05, 3.63) is 0 Å². The minimum atomic E-state index is -1.29. The van der Waals surface area contributed by atoms with Crippen molar-refractivity contribution in [3.63, 3.8) is 0 Å². The predicted octanol–water partition coefficient (Wildman–Crippen LogP) is -1.89. The van der Waals surface area contributed by atoms with Crippen molar-refractivity contribution in [2.75, 3.05) is 6.54 Å². The molecule has 0 aliphatic carbocycles. The van der Waals surface area contributed by atoms with Crippen LogP contribution in [0, 0.1) is 0 Å². The fourth-order valence-corrected chi connectivity index (χ4v) is 1.52. The first kappa shape index (κ1) is 9.98. The molecule has 1 aliphatic heterocycles. The number of aliphatic hydroxyl groups is 1. The van der Waals surface area contributed by atoms with E-state index in [1.807, 2.05) is 0 Å². The van der Waals surface area contributed by atoms with Crippen molar-refractivity contribution < 1.29 is 19.8 Å². The summed E-state index contributed by atoms with van der Waals surface area (Å²) >= 11 is 0. The third-order valence-electron chi connectivity index (χ3n) is 2.17. The van der Waals surface area contributed by atoms with E-state index in [4.69, 9.17) is 0 Å². The van der Waals surface area contributed by atoms with Crippen LogP contribution in [0.4, 0.5) is 0 Å². The molecule has 1 rings (SSSR count). The molecule has 0 bridgehead atoms. The van der Waals surface area contributed by atoms with Crippen molar-refractivity contribution in [2.45, 2.75) is 31.9 Å². The smallest absolute Gasteiger partial charge is 0.222 e. The molecule has 1 amide bonds. The first-order valence-corrected chi connectivity index (χ1v) is 4.24. The maximum atomic E-state index is 11.2. The molecule has 1 fully saturated rings. The number of aliphatic carboxylic acids is 1. The normalized spacial score (nSPS) is 27.7. The van der Waals surface area contributed by atoms with Crippen molar-refractivity contribution >= 4 is 11.9 Å². The Hall–Kier alpha value is -1.10. The van der Waals surface area contributed by atoms with Gasteiger partial charge in [-0.1, -0.05) is 6.92 Å². The predicted molar refractivity (Wildman–Crippen MR) is 41.4 cm³/mol. The van der Waals surface area contributed by atoms with Gasteiger partial charge in [0.15, 0.2) is 0 Å². The molecule has 0 aromatic heterocycles. The molecule has 1 saturated heterocycles. The monoisotopic (exact) mass is 186 g/mol. The number of amides is 1. The van der Waals surface area contributed by atoms with Crippen LogP contribution >= 0.6 is 0 Å². The Morgan fingerprint density at radius 2 is 2.23 bits per heavy atom. The molecule has 1 heterocycles. The fourth-order valence-electron chi connectivity index (χ4n) is 1.52. The highest BCUT2D eigenvalue weighted by atomic mass is 16.4. The number of carbonyl (C=O) groups is 2. The Kier molecular flexibility index (Phi) is 2.87. The minimum absolute atomic E-state index is 0.0775. The fraction of sp³-hybridized carbons (Fsp3) is 0.750. The quantitative estimate of drug-likeness (QED) is 0.546. The average Bonchev–Trinajstić information content (AvgIpc) is 2.46. The zero-order valence-electron chi connectivity index (χ0n) is 7.40. The molecule has 1 aliphatic rings. The highest BCUT2D eigenvalue weighted by Crippen LogP contribution is 2.18. The number of aliphatic hydroxyl groups excluding tert-OH is 1. The van der Waals surface area contributed by atoms with Crippen LogP contribution in [0.3, 0.4) is 0 Å². The topological polar surface area (TPSA) is 80.7 Å². The lowest BCUT2D eigenvalue weighted by molar-refractivity contribution is -0.310. The van der Waals surface area contributed by atoms with Crippen LogP contribution in [0.2, 0.25) is 0 Å². The highest BCUT2D eigenvalue weighted by Gasteiger charge is 2.34. The first-order chi connectivity index (χ1) is 6.06. The second-order valence-electron chi connectivity index (χ2n) is 3.12. The highest BCUT2D eigenvalue weighted by molar-refractivity contribution is 5.83. The van der Waals surface area contributed by atoms with Gasteiger partial charge >= 0.3 is 0 Å². The largest absolute Gasteiger partial charge is 0.548 e. The third kappa shape index (κ3) is 1.98. The SMILES string of the molecule is CCC(=O)N1C[C@@H](O)C[C@H]1C(=O)[O-]. The van der Waals surface area contributed by atoms with Gasteiger partial charge in [-0.3, -0.25) is 4.79 Å². The summed E-state index contributed by atoms with van der Waals surface area (Å²) in [5.41, 5.74) is 0. The van der Waals surface area contributed by atoms with E-state index in [1.165, 1.54) is 4.90 Å². The van der Waals surface area contributed by atoms with Gasteiger partial charge in [0.05, 0.1) is 18.1 Å². The van der Waals surface area contributed by atoms with Gasteiger partial charge in [0.25, 0.3) is 0 Å². The molecular weight excluding hydrogens is 174 g/mol. The first-order valence-electron chi connectivity index (χ1n) is 4.24. The Balaban J connectivity index is 2.71. The number of likely N-dealkylation sites (tertiary alicyclic amines) is 1. The van der Waals surface area contributed by atoms with Crippen LogP contribution < -0.4 is 5.11 Å². The van der Waals surface area contributed by atoms with Crippen molar-refractivity contribution in [2.24, 2.45) is 0 Å². The average molecular weight is 186 g/mol. The summed E-state index contributed by atoms with van der Waals surface area (Å²) in [5, 5.41) is 19.7. The molecular formula is C8H12NO4-. The molecule has 13 heavy (non-hydrogen) atoms. The minimum Gasteiger partial charge on any atom is -0.548 e. The van der Waals surface area contributed by atoms with Gasteiger partial charge in [0, 0.05) is 19.4 Å². The van der Waals surface area contributed by atoms with E-state index < -0.39 is 18.1 Å². The molecule has 0 radical (unpaired) electrons. The molecule has 1 N–H and O–H groups in total. The number of hydrogen-bond acceptors (Lipinski definition) is 4. The molecule has 74 valence electrons. The molecule has 0 aromatic rings. The van der Waals surface area contributed by atoms with E-state index in [0.29, 0.717) is 0 Å². The van der Waals surface area contributed by atoms with Crippen molar-refractivity contribution in [1.82, 2.24) is 4.90 Å². The zero-order valence-corrected chi connectivity index (χ0v) is 7.40. The second kappa shape index (κ2) is 3.74. The lowest BCUT2D eigenvalue weighted by atomic mass is 10.2. The Morgan fingerprint density at radius 1 is 1.62 bits per heavy atom. The Labute approximate surface area is 76.0 Å². The number of carboxylic acids is 1. The number of carbonyl (C=O) groups excluding carboxylic acids is 2. The summed E-state index contributed by atoms with van der Waals surface area (Å²) < 4.78 is 0. The summed E-state index contributed by atoms with van der Waals surface area (Å²) in [6, 6.07) is -0.956. The molecule has 0 aromatic carbocycles. The van der Waals surface area contributed by atoms with Gasteiger partial charge < -0.3 is 19.9 Å². The summed E-state index contributed by atoms with van der Waals surface area (Å²) in [6.45, 7) is 1.75. The Morgan fingerprint density at radius 3 is 2.69 bits per heavy atom. The molecule has 0 saturated carbocycles. The van der Waals surface area contributed by atoms with E-state index in [-0.39, 0.29) is 25.3 Å². The van der Waals surface area contributed by atoms with E-state index in [9.17, 15) is 19.8 Å². The van der Waals surface area contributed by atoms with E-state index in [1.54, 1.807) is 6.92 Å². The van der Waals surface area contributed by atoms with Crippen molar-refractivity contribution in [3.8, 4) is 0 Å². The van der Waals surface area contributed by atoms with Gasteiger partial charge in [-0.05, 0) is 0 Å². The van der Waals surface area contributed by atoms with Crippen LogP contribution in [-0.4, -0.2) is 40.6 Å². The second-order valence-corrected chi connectivity index (χ2v) is 3.12. The maximum Gasteiger partial charge on any atom is 0.222 e. The Bertz CT molecular complexity index is 228. The number of β-amino-alcohol motifs (C(OH)–C–C–N with tert-alkyl or cyclic N) is 1. The number of carboxylic acid groups (broad SMARTS) is 1. The lowest BCUT2D eigenvalue weighted by Crippen LogP contribution is -2.46. The van der Waals surface area contributed by atoms with Gasteiger partial charge in [-0.25, -0.2) is 0 Å². The van der Waals surface area contributed by atoms with Gasteiger partial charge in [0.1, 0.15) is 0 Å². The van der Waals surface area contributed by atoms with E-state index in [0.717, 1.165) is 0 Å². The number of nitrogens with zero attached hydrogens (tertiary/aromatic N) is 1. The number of rotatable bonds is 2. The summed E-state index contributed by atoms with van der Waals surface area (Å²) in [7, 11) is 0. The number of hydrogen-bond donors (Lipinski definition) is 1. The summed E-state index contributed by atoms with van der Waals surface area (Å²) in [6.07, 6.45) is -0.414. The van der Waals surface area contributed by atoms with Crippen LogP contribution in [0.25, 0.3) is 0 Å². The summed E-state index contributed by atoms with van der Waals surface area (Å²) in [5.74, 6) is -1.55. The molecule has 5 nitrogen and oxygen atoms in total. The van der Waals surface area contributed by atoms with E-state index >= 15 is 0 Å². The van der Waals surface area contributed by atoms with Crippen LogP contribution in [0.1, 0.15) is 19.8 Å². The van der Waals surface area contributed by atoms with Crippen LogP contribution in [0.5, 0.6) is 0 Å². The lowest BCUT2D eigenvalue weighted by Gasteiger charge is -2.24. The van der Waals surface area contributed by atoms with Crippen molar-refractivity contribution in [1.29, 1.82) is 0 Å². The van der Waals surface area contributed by atoms with Gasteiger partial charge in [-0.15, -0.1) is 0 Å². The van der Waals surface area contributed by atoms with Crippen LogP contribution in [0.15, 0.2) is 0 Å². The molecule has 5 heteroatoms. The van der Waals surface area contributed by atoms with Gasteiger partial charge in [0.2, 0.25) is 5.91 Å². The van der Waals surface area contributed by atoms with Crippen LogP contribution in [-0.2, 0) is 9.59 Å². The maximum absolute atomic E-state index is 11.2.